The largest absolute Gasteiger partial charge is 0.490 e. The Morgan fingerprint density at radius 3 is 2.87 bits per heavy atom. The standard InChI is InChI=1S/C9H13BClNO3/c1-2-3-6-15-9-8(11)7(10(13)14)4-5-12-9/h4-5,13-14H,2-3,6H2,1H3. The lowest BCUT2D eigenvalue weighted by Crippen LogP contribution is -2.31. The molecule has 0 saturated heterocycles. The zero-order chi connectivity index (χ0) is 11.3. The highest BCUT2D eigenvalue weighted by molar-refractivity contribution is 6.63. The average molecular weight is 229 g/mol. The van der Waals surface area contributed by atoms with Crippen molar-refractivity contribution in [2.24, 2.45) is 0 Å². The van der Waals surface area contributed by atoms with Crippen LogP contribution < -0.4 is 10.2 Å². The van der Waals surface area contributed by atoms with E-state index in [2.05, 4.69) is 4.98 Å². The summed E-state index contributed by atoms with van der Waals surface area (Å²) in [7, 11) is -1.60. The number of halogens is 1. The third kappa shape index (κ3) is 3.37. The molecule has 0 aliphatic carbocycles. The lowest BCUT2D eigenvalue weighted by atomic mass is 9.81. The molecule has 4 nitrogen and oxygen atoms in total. The van der Waals surface area contributed by atoms with Gasteiger partial charge in [-0.25, -0.2) is 4.98 Å². The fraction of sp³-hybridized carbons (Fsp3) is 0.444. The van der Waals surface area contributed by atoms with Crippen LogP contribution in [0.25, 0.3) is 0 Å². The first-order valence-corrected chi connectivity index (χ1v) is 5.18. The van der Waals surface area contributed by atoms with Crippen molar-refractivity contribution in [3.05, 3.63) is 17.3 Å². The van der Waals surface area contributed by atoms with Gasteiger partial charge in [0.15, 0.2) is 0 Å². The van der Waals surface area contributed by atoms with Crippen molar-refractivity contribution in [2.45, 2.75) is 19.8 Å². The van der Waals surface area contributed by atoms with Crippen LogP contribution in [0.1, 0.15) is 19.8 Å². The molecule has 82 valence electrons. The van der Waals surface area contributed by atoms with Crippen molar-refractivity contribution in [1.29, 1.82) is 0 Å². The summed E-state index contributed by atoms with van der Waals surface area (Å²) >= 11 is 5.88. The lowest BCUT2D eigenvalue weighted by molar-refractivity contribution is 0.298. The maximum absolute atomic E-state index is 8.99. The summed E-state index contributed by atoms with van der Waals surface area (Å²) in [6.45, 7) is 2.57. The van der Waals surface area contributed by atoms with Crippen LogP contribution >= 0.6 is 11.6 Å². The Kier molecular flexibility index (Phi) is 4.88. The Labute approximate surface area is 94.0 Å². The van der Waals surface area contributed by atoms with Gasteiger partial charge < -0.3 is 14.8 Å². The van der Waals surface area contributed by atoms with Crippen molar-refractivity contribution < 1.29 is 14.8 Å². The molecular formula is C9H13BClNO3. The zero-order valence-electron chi connectivity index (χ0n) is 8.48. The molecule has 0 bridgehead atoms. The van der Waals surface area contributed by atoms with E-state index in [-0.39, 0.29) is 16.4 Å². The average Bonchev–Trinajstić information content (AvgIpc) is 2.20. The third-order valence-corrected chi connectivity index (χ3v) is 2.28. The van der Waals surface area contributed by atoms with E-state index in [1.54, 1.807) is 0 Å². The quantitative estimate of drug-likeness (QED) is 0.573. The smallest absolute Gasteiger partial charge is 0.477 e. The molecule has 1 heterocycles. The number of pyridine rings is 1. The number of unbranched alkanes of at least 4 members (excludes halogenated alkanes) is 1. The van der Waals surface area contributed by atoms with Crippen molar-refractivity contribution in [3.8, 4) is 5.88 Å². The molecule has 0 unspecified atom stereocenters. The molecule has 2 N–H and O–H groups in total. The summed E-state index contributed by atoms with van der Waals surface area (Å²) in [6.07, 6.45) is 3.35. The van der Waals surface area contributed by atoms with Gasteiger partial charge >= 0.3 is 7.12 Å². The summed E-state index contributed by atoms with van der Waals surface area (Å²) in [5.41, 5.74) is 0.207. The third-order valence-electron chi connectivity index (χ3n) is 1.90. The van der Waals surface area contributed by atoms with Crippen molar-refractivity contribution in [2.75, 3.05) is 6.61 Å². The van der Waals surface area contributed by atoms with Crippen LogP contribution in [0.2, 0.25) is 5.02 Å². The minimum atomic E-state index is -1.60. The van der Waals surface area contributed by atoms with E-state index in [0.717, 1.165) is 12.8 Å². The zero-order valence-corrected chi connectivity index (χ0v) is 9.24. The SMILES string of the molecule is CCCCOc1nccc(B(O)O)c1Cl. The summed E-state index contributed by atoms with van der Waals surface area (Å²) < 4.78 is 5.30. The van der Waals surface area contributed by atoms with E-state index in [0.29, 0.717) is 6.61 Å². The highest BCUT2D eigenvalue weighted by Gasteiger charge is 2.18. The second kappa shape index (κ2) is 5.95. The van der Waals surface area contributed by atoms with Crippen LogP contribution in [0, 0.1) is 0 Å². The van der Waals surface area contributed by atoms with Gasteiger partial charge in [0.05, 0.1) is 6.61 Å². The second-order valence-electron chi connectivity index (χ2n) is 3.09. The molecule has 0 aromatic carbocycles. The fourth-order valence-electron chi connectivity index (χ4n) is 1.05. The predicted molar refractivity (Wildman–Crippen MR) is 59.5 cm³/mol. The maximum Gasteiger partial charge on any atom is 0.490 e. The Hall–Kier alpha value is -0.775. The molecule has 0 fully saturated rings. The minimum absolute atomic E-state index is 0.156. The number of rotatable bonds is 5. The molecule has 0 atom stereocenters. The first kappa shape index (κ1) is 12.3. The minimum Gasteiger partial charge on any atom is -0.477 e. The van der Waals surface area contributed by atoms with Gasteiger partial charge in [-0.1, -0.05) is 24.9 Å². The van der Waals surface area contributed by atoms with Gasteiger partial charge in [0, 0.05) is 11.7 Å². The normalized spacial score (nSPS) is 10.1. The van der Waals surface area contributed by atoms with Gasteiger partial charge in [-0.3, -0.25) is 0 Å². The molecular weight excluding hydrogens is 216 g/mol. The molecule has 15 heavy (non-hydrogen) atoms. The molecule has 1 aromatic heterocycles. The summed E-state index contributed by atoms with van der Waals surface area (Å²) in [6, 6.07) is 1.44. The van der Waals surface area contributed by atoms with Gasteiger partial charge in [-0.2, -0.15) is 0 Å². The van der Waals surface area contributed by atoms with Crippen LogP contribution in [-0.2, 0) is 0 Å². The lowest BCUT2D eigenvalue weighted by Gasteiger charge is -2.08. The summed E-state index contributed by atoms with van der Waals surface area (Å²) in [5, 5.41) is 18.1. The molecule has 0 spiro atoms. The van der Waals surface area contributed by atoms with Crippen LogP contribution in [0.4, 0.5) is 0 Å². The number of hydrogen-bond donors (Lipinski definition) is 2. The van der Waals surface area contributed by atoms with Crippen LogP contribution in [0.3, 0.4) is 0 Å². The highest BCUT2D eigenvalue weighted by Crippen LogP contribution is 2.18. The second-order valence-corrected chi connectivity index (χ2v) is 3.47. The van der Waals surface area contributed by atoms with Gasteiger partial charge in [0.25, 0.3) is 0 Å². The Balaban J connectivity index is 2.75. The van der Waals surface area contributed by atoms with Gasteiger partial charge in [-0.15, -0.1) is 0 Å². The van der Waals surface area contributed by atoms with Crippen LogP contribution in [-0.4, -0.2) is 28.8 Å². The van der Waals surface area contributed by atoms with E-state index >= 15 is 0 Å². The van der Waals surface area contributed by atoms with Crippen LogP contribution in [0.5, 0.6) is 5.88 Å². The molecule has 0 aliphatic rings. The van der Waals surface area contributed by atoms with E-state index in [9.17, 15) is 0 Å². The molecule has 0 amide bonds. The van der Waals surface area contributed by atoms with E-state index in [1.165, 1.54) is 12.3 Å². The molecule has 1 aromatic rings. The van der Waals surface area contributed by atoms with E-state index in [4.69, 9.17) is 26.4 Å². The first-order chi connectivity index (χ1) is 7.16. The fourth-order valence-corrected chi connectivity index (χ4v) is 1.32. The highest BCUT2D eigenvalue weighted by atomic mass is 35.5. The van der Waals surface area contributed by atoms with E-state index in [1.807, 2.05) is 6.92 Å². The van der Waals surface area contributed by atoms with Crippen LogP contribution in [0.15, 0.2) is 12.3 Å². The van der Waals surface area contributed by atoms with Gasteiger partial charge in [-0.05, 0) is 12.5 Å². The number of hydrogen-bond acceptors (Lipinski definition) is 4. The molecule has 0 aliphatic heterocycles. The summed E-state index contributed by atoms with van der Waals surface area (Å²) in [5.74, 6) is 0.246. The van der Waals surface area contributed by atoms with Crippen molar-refractivity contribution in [1.82, 2.24) is 4.98 Å². The Morgan fingerprint density at radius 1 is 1.53 bits per heavy atom. The molecule has 6 heteroatoms. The Bertz CT molecular complexity index is 322. The monoisotopic (exact) mass is 229 g/mol. The number of ether oxygens (including phenoxy) is 1. The van der Waals surface area contributed by atoms with Crippen molar-refractivity contribution in [3.63, 3.8) is 0 Å². The topological polar surface area (TPSA) is 62.6 Å². The number of aromatic nitrogens is 1. The number of nitrogens with zero attached hydrogens (tertiary/aromatic N) is 1. The van der Waals surface area contributed by atoms with E-state index < -0.39 is 7.12 Å². The predicted octanol–water partition coefficient (Wildman–Crippen LogP) is 0.594. The van der Waals surface area contributed by atoms with Gasteiger partial charge in [0.1, 0.15) is 5.02 Å². The summed E-state index contributed by atoms with van der Waals surface area (Å²) in [4.78, 5) is 3.92. The molecule has 0 saturated carbocycles. The first-order valence-electron chi connectivity index (χ1n) is 4.80. The maximum atomic E-state index is 8.99. The molecule has 1 rings (SSSR count). The van der Waals surface area contributed by atoms with Crippen molar-refractivity contribution >= 4 is 24.2 Å². The van der Waals surface area contributed by atoms with Gasteiger partial charge in [0.2, 0.25) is 5.88 Å². The Morgan fingerprint density at radius 2 is 2.27 bits per heavy atom. The molecule has 0 radical (unpaired) electrons.